The van der Waals surface area contributed by atoms with Crippen molar-refractivity contribution in [2.24, 2.45) is 5.73 Å². The normalized spacial score (nSPS) is 12.5. The Morgan fingerprint density at radius 3 is 2.67 bits per heavy atom. The summed E-state index contributed by atoms with van der Waals surface area (Å²) in [4.78, 5) is 4.46. The second-order valence-electron chi connectivity index (χ2n) is 4.65. The van der Waals surface area contributed by atoms with E-state index in [1.165, 1.54) is 0 Å². The number of hydrogen-bond donors (Lipinski definition) is 1. The summed E-state index contributed by atoms with van der Waals surface area (Å²) in [6, 6.07) is 0.124. The lowest BCUT2D eigenvalue weighted by atomic mass is 10.0. The summed E-state index contributed by atoms with van der Waals surface area (Å²) in [5.41, 5.74) is 9.30. The molecule has 0 bridgehead atoms. The number of nitrogens with two attached hydrogens (primary N) is 1. The number of pyridine rings is 1. The highest BCUT2D eigenvalue weighted by molar-refractivity contribution is 5.41. The molecule has 0 aromatic carbocycles. The van der Waals surface area contributed by atoms with Crippen LogP contribution in [0.1, 0.15) is 29.7 Å². The fourth-order valence-corrected chi connectivity index (χ4v) is 2.12. The van der Waals surface area contributed by atoms with Gasteiger partial charge in [-0.1, -0.05) is 0 Å². The molecule has 1 unspecified atom stereocenters. The van der Waals surface area contributed by atoms with E-state index in [9.17, 15) is 0 Å². The largest absolute Gasteiger partial charge is 0.496 e. The van der Waals surface area contributed by atoms with Crippen LogP contribution in [0.25, 0.3) is 0 Å². The van der Waals surface area contributed by atoms with Crippen molar-refractivity contribution in [1.82, 2.24) is 4.98 Å². The molecule has 2 N–H and O–H groups in total. The number of hydrogen-bond acceptors (Lipinski definition) is 4. The molecule has 18 heavy (non-hydrogen) atoms. The Hall–Kier alpha value is -1.13. The van der Waals surface area contributed by atoms with Gasteiger partial charge in [-0.3, -0.25) is 4.98 Å². The lowest BCUT2D eigenvalue weighted by Gasteiger charge is -2.15. The minimum absolute atomic E-state index is 0.124. The Morgan fingerprint density at radius 1 is 1.33 bits per heavy atom. The van der Waals surface area contributed by atoms with Crippen LogP contribution in [0.15, 0.2) is 6.20 Å². The molecular weight excluding hydrogens is 228 g/mol. The average Bonchev–Trinajstić information content (AvgIpc) is 2.34. The van der Waals surface area contributed by atoms with E-state index >= 15 is 0 Å². The molecule has 0 aliphatic rings. The molecule has 0 fully saturated rings. The maximum absolute atomic E-state index is 6.11. The van der Waals surface area contributed by atoms with Crippen LogP contribution in [0.3, 0.4) is 0 Å². The van der Waals surface area contributed by atoms with Gasteiger partial charge in [0.1, 0.15) is 5.75 Å². The van der Waals surface area contributed by atoms with Crippen molar-refractivity contribution in [1.29, 1.82) is 0 Å². The van der Waals surface area contributed by atoms with Crippen LogP contribution in [0.2, 0.25) is 0 Å². The van der Waals surface area contributed by atoms with Crippen molar-refractivity contribution in [3.8, 4) is 5.75 Å². The van der Waals surface area contributed by atoms with Gasteiger partial charge >= 0.3 is 0 Å². The molecule has 1 aromatic rings. The predicted octanol–water partition coefficient (Wildman–Crippen LogP) is 2.00. The third-order valence-electron chi connectivity index (χ3n) is 3.13. The second kappa shape index (κ2) is 7.34. The van der Waals surface area contributed by atoms with Crippen molar-refractivity contribution in [2.45, 2.75) is 39.2 Å². The van der Waals surface area contributed by atoms with Crippen LogP contribution in [0.5, 0.6) is 5.75 Å². The lowest BCUT2D eigenvalue weighted by Crippen LogP contribution is -2.24. The van der Waals surface area contributed by atoms with Gasteiger partial charge in [0.25, 0.3) is 0 Å². The molecule has 1 aromatic heterocycles. The number of nitrogens with zero attached hydrogens (tertiary/aromatic N) is 1. The number of rotatable bonds is 7. The van der Waals surface area contributed by atoms with Gasteiger partial charge in [0.15, 0.2) is 0 Å². The summed E-state index contributed by atoms with van der Waals surface area (Å²) in [6.45, 7) is 4.80. The van der Waals surface area contributed by atoms with Gasteiger partial charge in [0, 0.05) is 49.2 Å². The minimum atomic E-state index is 0.124. The monoisotopic (exact) mass is 252 g/mol. The topological polar surface area (TPSA) is 57.4 Å². The van der Waals surface area contributed by atoms with Crippen LogP contribution in [-0.2, 0) is 11.2 Å². The average molecular weight is 252 g/mol. The Labute approximate surface area is 110 Å². The molecule has 0 aliphatic carbocycles. The summed E-state index contributed by atoms with van der Waals surface area (Å²) in [7, 11) is 3.40. The summed E-state index contributed by atoms with van der Waals surface area (Å²) in [5.74, 6) is 0.920. The zero-order chi connectivity index (χ0) is 13.5. The molecule has 0 radical (unpaired) electrons. The number of aromatic nitrogens is 1. The molecule has 102 valence electrons. The van der Waals surface area contributed by atoms with Crippen molar-refractivity contribution < 1.29 is 9.47 Å². The van der Waals surface area contributed by atoms with E-state index < -0.39 is 0 Å². The van der Waals surface area contributed by atoms with E-state index in [2.05, 4.69) is 4.98 Å². The first-order valence-corrected chi connectivity index (χ1v) is 6.33. The summed E-state index contributed by atoms with van der Waals surface area (Å²) >= 11 is 0. The van der Waals surface area contributed by atoms with E-state index in [0.29, 0.717) is 0 Å². The van der Waals surface area contributed by atoms with Crippen LogP contribution in [0.4, 0.5) is 0 Å². The first-order chi connectivity index (χ1) is 8.60. The summed E-state index contributed by atoms with van der Waals surface area (Å²) in [6.07, 6.45) is 4.57. The molecule has 1 rings (SSSR count). The molecule has 0 amide bonds. The first kappa shape index (κ1) is 14.9. The molecule has 0 saturated heterocycles. The zero-order valence-corrected chi connectivity index (χ0v) is 11.8. The third-order valence-corrected chi connectivity index (χ3v) is 3.13. The van der Waals surface area contributed by atoms with Gasteiger partial charge in [-0.15, -0.1) is 0 Å². The quantitative estimate of drug-likeness (QED) is 0.754. The molecule has 1 heterocycles. The predicted molar refractivity (Wildman–Crippen MR) is 73.1 cm³/mol. The van der Waals surface area contributed by atoms with Crippen molar-refractivity contribution in [2.75, 3.05) is 20.8 Å². The Bertz CT molecular complexity index is 380. The first-order valence-electron chi connectivity index (χ1n) is 6.33. The third kappa shape index (κ3) is 3.96. The molecule has 0 spiro atoms. The van der Waals surface area contributed by atoms with Crippen molar-refractivity contribution in [3.63, 3.8) is 0 Å². The Morgan fingerprint density at radius 2 is 2.06 bits per heavy atom. The molecule has 4 nitrogen and oxygen atoms in total. The van der Waals surface area contributed by atoms with E-state index in [1.54, 1.807) is 14.2 Å². The van der Waals surface area contributed by atoms with Crippen molar-refractivity contribution >= 4 is 0 Å². The second-order valence-corrected chi connectivity index (χ2v) is 4.65. The lowest BCUT2D eigenvalue weighted by molar-refractivity contribution is 0.190. The van der Waals surface area contributed by atoms with Gasteiger partial charge in [-0.25, -0.2) is 0 Å². The van der Waals surface area contributed by atoms with Gasteiger partial charge in [0.2, 0.25) is 0 Å². The van der Waals surface area contributed by atoms with Crippen LogP contribution < -0.4 is 10.5 Å². The van der Waals surface area contributed by atoms with Gasteiger partial charge in [0.05, 0.1) is 7.11 Å². The highest BCUT2D eigenvalue weighted by atomic mass is 16.5. The zero-order valence-electron chi connectivity index (χ0n) is 11.8. The summed E-state index contributed by atoms with van der Waals surface area (Å²) < 4.78 is 10.4. The van der Waals surface area contributed by atoms with E-state index in [0.717, 1.165) is 48.4 Å². The van der Waals surface area contributed by atoms with E-state index in [1.807, 2.05) is 20.0 Å². The van der Waals surface area contributed by atoms with Crippen LogP contribution in [-0.4, -0.2) is 31.9 Å². The molecular formula is C14H24N2O2. The summed E-state index contributed by atoms with van der Waals surface area (Å²) in [5, 5.41) is 0. The molecule has 0 saturated carbocycles. The number of ether oxygens (including phenoxy) is 2. The highest BCUT2D eigenvalue weighted by Crippen LogP contribution is 2.24. The van der Waals surface area contributed by atoms with Crippen LogP contribution >= 0.6 is 0 Å². The maximum atomic E-state index is 6.11. The van der Waals surface area contributed by atoms with E-state index in [4.69, 9.17) is 15.2 Å². The maximum Gasteiger partial charge on any atom is 0.128 e. The van der Waals surface area contributed by atoms with Gasteiger partial charge < -0.3 is 15.2 Å². The highest BCUT2D eigenvalue weighted by Gasteiger charge is 2.12. The van der Waals surface area contributed by atoms with Crippen LogP contribution in [0, 0.1) is 13.8 Å². The van der Waals surface area contributed by atoms with Gasteiger partial charge in [-0.2, -0.15) is 0 Å². The van der Waals surface area contributed by atoms with Gasteiger partial charge in [-0.05, 0) is 26.7 Å². The fourth-order valence-electron chi connectivity index (χ4n) is 2.12. The Kier molecular flexibility index (Phi) is 6.09. The molecule has 0 aliphatic heterocycles. The standard InChI is InChI=1S/C14H24N2O2/c1-10-9-16-13(11(2)14(10)18-4)8-12(15)6-5-7-17-3/h9,12H,5-8,15H2,1-4H3. The number of methoxy groups -OCH3 is 2. The minimum Gasteiger partial charge on any atom is -0.496 e. The SMILES string of the molecule is COCCCC(N)Cc1ncc(C)c(OC)c1C. The molecule has 4 heteroatoms. The smallest absolute Gasteiger partial charge is 0.128 e. The molecule has 1 atom stereocenters. The Balaban J connectivity index is 2.67. The van der Waals surface area contributed by atoms with E-state index in [-0.39, 0.29) is 6.04 Å². The van der Waals surface area contributed by atoms with Crippen molar-refractivity contribution in [3.05, 3.63) is 23.0 Å². The fraction of sp³-hybridized carbons (Fsp3) is 0.643. The number of aryl methyl sites for hydroxylation is 1.